The molecular formula is C18H28N2O2. The van der Waals surface area contributed by atoms with E-state index in [0.717, 1.165) is 31.4 Å². The second-order valence-electron chi connectivity index (χ2n) is 5.68. The lowest BCUT2D eigenvalue weighted by Crippen LogP contribution is -2.25. The van der Waals surface area contributed by atoms with Crippen LogP contribution in [0.25, 0.3) is 0 Å². The smallest absolute Gasteiger partial charge is 0.277 e. The lowest BCUT2D eigenvalue weighted by molar-refractivity contribution is -0.123. The van der Waals surface area contributed by atoms with Gasteiger partial charge in [0.2, 0.25) is 0 Å². The van der Waals surface area contributed by atoms with Crippen molar-refractivity contribution in [1.29, 1.82) is 0 Å². The second-order valence-corrected chi connectivity index (χ2v) is 5.68. The molecule has 0 unspecified atom stereocenters. The van der Waals surface area contributed by atoms with Gasteiger partial charge in [-0.25, -0.2) is 5.43 Å². The number of hydrogen-bond donors (Lipinski definition) is 1. The molecule has 0 atom stereocenters. The first-order chi connectivity index (χ1) is 10.6. The fourth-order valence-electron chi connectivity index (χ4n) is 1.96. The molecule has 22 heavy (non-hydrogen) atoms. The molecule has 0 aliphatic heterocycles. The molecule has 0 saturated carbocycles. The van der Waals surface area contributed by atoms with Gasteiger partial charge < -0.3 is 4.74 Å². The maximum atomic E-state index is 11.7. The van der Waals surface area contributed by atoms with Crippen molar-refractivity contribution < 1.29 is 9.53 Å². The van der Waals surface area contributed by atoms with E-state index in [1.807, 2.05) is 31.2 Å². The number of hydrazone groups is 1. The van der Waals surface area contributed by atoms with Gasteiger partial charge in [0.15, 0.2) is 6.61 Å². The van der Waals surface area contributed by atoms with E-state index in [2.05, 4.69) is 31.3 Å². The number of rotatable bonds is 9. The third-order valence-electron chi connectivity index (χ3n) is 3.48. The number of benzene rings is 1. The molecule has 0 aliphatic rings. The van der Waals surface area contributed by atoms with Gasteiger partial charge in [0.05, 0.1) is 0 Å². The number of carbonyl (C=O) groups is 1. The van der Waals surface area contributed by atoms with Gasteiger partial charge in [0, 0.05) is 5.71 Å². The largest absolute Gasteiger partial charge is 0.484 e. The van der Waals surface area contributed by atoms with Gasteiger partial charge in [-0.3, -0.25) is 4.79 Å². The molecule has 0 aromatic heterocycles. The Balaban J connectivity index is 2.40. The molecule has 0 bridgehead atoms. The Morgan fingerprint density at radius 3 is 2.45 bits per heavy atom. The van der Waals surface area contributed by atoms with Gasteiger partial charge in [-0.05, 0) is 42.9 Å². The molecule has 0 fully saturated rings. The Morgan fingerprint density at radius 1 is 1.23 bits per heavy atom. The summed E-state index contributed by atoms with van der Waals surface area (Å²) in [5, 5.41) is 4.17. The summed E-state index contributed by atoms with van der Waals surface area (Å²) >= 11 is 0. The zero-order valence-electron chi connectivity index (χ0n) is 14.2. The Kier molecular flexibility index (Phi) is 8.26. The summed E-state index contributed by atoms with van der Waals surface area (Å²) in [4.78, 5) is 11.7. The molecule has 0 spiro atoms. The zero-order chi connectivity index (χ0) is 16.4. The van der Waals surface area contributed by atoms with E-state index < -0.39 is 0 Å². The summed E-state index contributed by atoms with van der Waals surface area (Å²) in [6.07, 6.45) is 4.02. The number of carbonyl (C=O) groups excluding carboxylic acids is 1. The van der Waals surface area contributed by atoms with Crippen LogP contribution in [0, 0.1) is 0 Å². The van der Waals surface area contributed by atoms with E-state index in [1.54, 1.807) is 0 Å². The zero-order valence-corrected chi connectivity index (χ0v) is 14.2. The van der Waals surface area contributed by atoms with Crippen LogP contribution >= 0.6 is 0 Å². The van der Waals surface area contributed by atoms with Gasteiger partial charge in [-0.2, -0.15) is 5.10 Å². The molecule has 0 heterocycles. The highest BCUT2D eigenvalue weighted by molar-refractivity contribution is 5.86. The molecule has 1 rings (SSSR count). The highest BCUT2D eigenvalue weighted by atomic mass is 16.5. The summed E-state index contributed by atoms with van der Waals surface area (Å²) in [7, 11) is 0. The maximum Gasteiger partial charge on any atom is 0.277 e. The SMILES string of the molecule is CCCC/C(CC)=N/NC(=O)COc1ccc(C(C)C)cc1. The summed E-state index contributed by atoms with van der Waals surface area (Å²) in [6.45, 7) is 8.46. The van der Waals surface area contributed by atoms with Crippen molar-refractivity contribution in [2.75, 3.05) is 6.61 Å². The standard InChI is InChI=1S/C18H28N2O2/c1-5-7-8-16(6-2)19-20-18(21)13-22-17-11-9-15(10-12-17)14(3)4/h9-12,14H,5-8,13H2,1-4H3,(H,20,21)/b19-16+. The van der Waals surface area contributed by atoms with Crippen LogP contribution in [0.15, 0.2) is 29.4 Å². The Hall–Kier alpha value is -1.84. The molecule has 0 radical (unpaired) electrons. The fourth-order valence-corrected chi connectivity index (χ4v) is 1.96. The van der Waals surface area contributed by atoms with Crippen LogP contribution in [0.1, 0.15) is 64.9 Å². The topological polar surface area (TPSA) is 50.7 Å². The average Bonchev–Trinajstić information content (AvgIpc) is 2.53. The number of nitrogens with one attached hydrogen (secondary N) is 1. The van der Waals surface area contributed by atoms with E-state index >= 15 is 0 Å². The summed E-state index contributed by atoms with van der Waals surface area (Å²) < 4.78 is 5.47. The van der Waals surface area contributed by atoms with E-state index in [-0.39, 0.29) is 12.5 Å². The first kappa shape index (κ1) is 18.2. The summed E-state index contributed by atoms with van der Waals surface area (Å²) in [5.74, 6) is 0.961. The molecule has 1 N–H and O–H groups in total. The van der Waals surface area contributed by atoms with Gasteiger partial charge in [0.25, 0.3) is 5.91 Å². The van der Waals surface area contributed by atoms with Crippen molar-refractivity contribution in [2.24, 2.45) is 5.10 Å². The molecule has 1 aromatic carbocycles. The monoisotopic (exact) mass is 304 g/mol. The van der Waals surface area contributed by atoms with E-state index in [1.165, 1.54) is 5.56 Å². The minimum absolute atomic E-state index is 0.0186. The van der Waals surface area contributed by atoms with E-state index in [4.69, 9.17) is 4.74 Å². The number of hydrogen-bond acceptors (Lipinski definition) is 3. The average molecular weight is 304 g/mol. The maximum absolute atomic E-state index is 11.7. The second kappa shape index (κ2) is 9.98. The van der Waals surface area contributed by atoms with Crippen molar-refractivity contribution in [1.82, 2.24) is 5.43 Å². The van der Waals surface area contributed by atoms with Crippen molar-refractivity contribution >= 4 is 11.6 Å². The lowest BCUT2D eigenvalue weighted by Gasteiger charge is -2.08. The fraction of sp³-hybridized carbons (Fsp3) is 0.556. The van der Waals surface area contributed by atoms with Gasteiger partial charge in [0.1, 0.15) is 5.75 Å². The van der Waals surface area contributed by atoms with Crippen molar-refractivity contribution in [2.45, 2.75) is 59.3 Å². The molecule has 4 heteroatoms. The van der Waals surface area contributed by atoms with Crippen molar-refractivity contribution in [3.63, 3.8) is 0 Å². The molecular weight excluding hydrogens is 276 g/mol. The predicted molar refractivity (Wildman–Crippen MR) is 91.4 cm³/mol. The van der Waals surface area contributed by atoms with Crippen molar-refractivity contribution in [3.8, 4) is 5.75 Å². The molecule has 4 nitrogen and oxygen atoms in total. The van der Waals surface area contributed by atoms with Crippen LogP contribution < -0.4 is 10.2 Å². The third kappa shape index (κ3) is 6.74. The molecule has 0 saturated heterocycles. The Labute approximate surface area is 134 Å². The van der Waals surface area contributed by atoms with E-state index in [9.17, 15) is 4.79 Å². The highest BCUT2D eigenvalue weighted by Crippen LogP contribution is 2.18. The molecule has 1 aromatic rings. The van der Waals surface area contributed by atoms with Crippen LogP contribution in [-0.2, 0) is 4.79 Å². The van der Waals surface area contributed by atoms with Crippen LogP contribution in [-0.4, -0.2) is 18.2 Å². The summed E-state index contributed by atoms with van der Waals surface area (Å²) in [6, 6.07) is 7.83. The van der Waals surface area contributed by atoms with Crippen LogP contribution in [0.2, 0.25) is 0 Å². The molecule has 0 aliphatic carbocycles. The number of unbranched alkanes of at least 4 members (excludes halogenated alkanes) is 1. The normalized spacial score (nSPS) is 11.6. The van der Waals surface area contributed by atoms with Crippen LogP contribution in [0.4, 0.5) is 0 Å². The highest BCUT2D eigenvalue weighted by Gasteiger charge is 2.04. The van der Waals surface area contributed by atoms with Crippen LogP contribution in [0.3, 0.4) is 0 Å². The first-order valence-electron chi connectivity index (χ1n) is 8.13. The summed E-state index contributed by atoms with van der Waals surface area (Å²) in [5.41, 5.74) is 4.85. The van der Waals surface area contributed by atoms with Gasteiger partial charge >= 0.3 is 0 Å². The van der Waals surface area contributed by atoms with Gasteiger partial charge in [-0.15, -0.1) is 0 Å². The number of nitrogens with zero attached hydrogens (tertiary/aromatic N) is 1. The molecule has 122 valence electrons. The minimum atomic E-state index is -0.226. The van der Waals surface area contributed by atoms with E-state index in [0.29, 0.717) is 11.7 Å². The van der Waals surface area contributed by atoms with Crippen LogP contribution in [0.5, 0.6) is 5.75 Å². The third-order valence-corrected chi connectivity index (χ3v) is 3.48. The number of ether oxygens (including phenoxy) is 1. The minimum Gasteiger partial charge on any atom is -0.484 e. The predicted octanol–water partition coefficient (Wildman–Crippen LogP) is 4.26. The van der Waals surface area contributed by atoms with Gasteiger partial charge in [-0.1, -0.05) is 46.2 Å². The van der Waals surface area contributed by atoms with Crippen molar-refractivity contribution in [3.05, 3.63) is 29.8 Å². The number of amides is 1. The Morgan fingerprint density at radius 2 is 1.91 bits per heavy atom. The quantitative estimate of drug-likeness (QED) is 0.547. The first-order valence-corrected chi connectivity index (χ1v) is 8.13. The molecule has 1 amide bonds. The Bertz CT molecular complexity index is 478. The lowest BCUT2D eigenvalue weighted by atomic mass is 10.0.